The van der Waals surface area contributed by atoms with Crippen molar-refractivity contribution in [1.82, 2.24) is 5.32 Å². The molecule has 3 rings (SSSR count). The zero-order valence-electron chi connectivity index (χ0n) is 15.8. The van der Waals surface area contributed by atoms with Crippen molar-refractivity contribution in [3.63, 3.8) is 0 Å². The molecule has 0 aliphatic heterocycles. The van der Waals surface area contributed by atoms with Crippen molar-refractivity contribution in [3.05, 3.63) is 76.6 Å². The first-order valence-electron chi connectivity index (χ1n) is 8.83. The van der Waals surface area contributed by atoms with E-state index >= 15 is 0 Å². The zero-order chi connectivity index (χ0) is 21.2. The highest BCUT2D eigenvalue weighted by atomic mass is 35.5. The van der Waals surface area contributed by atoms with Gasteiger partial charge >= 0.3 is 5.97 Å². The van der Waals surface area contributed by atoms with Gasteiger partial charge in [-0.1, -0.05) is 48.0 Å². The van der Waals surface area contributed by atoms with Crippen molar-refractivity contribution in [2.45, 2.75) is 26.0 Å². The van der Waals surface area contributed by atoms with E-state index in [-0.39, 0.29) is 28.5 Å². The van der Waals surface area contributed by atoms with Gasteiger partial charge in [-0.25, -0.2) is 9.18 Å². The Hall–Kier alpha value is -3.12. The molecule has 2 N–H and O–H groups in total. The Labute approximate surface area is 172 Å². The second kappa shape index (κ2) is 8.09. The molecule has 1 amide bonds. The van der Waals surface area contributed by atoms with Crippen LogP contribution >= 0.6 is 11.6 Å². The first-order chi connectivity index (χ1) is 13.7. The number of carbonyl (C=O) groups excluding carboxylic acids is 1. The fraction of sp³-hybridized carbons (Fsp3) is 0.182. The zero-order valence-corrected chi connectivity index (χ0v) is 16.6. The van der Waals surface area contributed by atoms with Crippen LogP contribution in [0.15, 0.2) is 54.6 Å². The van der Waals surface area contributed by atoms with Gasteiger partial charge in [-0.05, 0) is 37.4 Å². The van der Waals surface area contributed by atoms with Gasteiger partial charge in [0.15, 0.2) is 0 Å². The molecule has 3 aromatic carbocycles. The van der Waals surface area contributed by atoms with Gasteiger partial charge in [0.2, 0.25) is 0 Å². The van der Waals surface area contributed by atoms with Gasteiger partial charge in [0.25, 0.3) is 5.91 Å². The maximum atomic E-state index is 14.1. The molecule has 0 spiro atoms. The highest BCUT2D eigenvalue weighted by Gasteiger charge is 2.30. The van der Waals surface area contributed by atoms with Crippen LogP contribution in [0.4, 0.5) is 4.39 Å². The SMILES string of the molecule is CC(C)(NC(=O)c1ccc2ccccc2c1OCc1ccc(Cl)cc1F)C(=O)O. The predicted molar refractivity (Wildman–Crippen MR) is 109 cm³/mol. The first kappa shape index (κ1) is 20.6. The number of benzene rings is 3. The van der Waals surface area contributed by atoms with Crippen molar-refractivity contribution in [1.29, 1.82) is 0 Å². The number of rotatable bonds is 6. The lowest BCUT2D eigenvalue weighted by molar-refractivity contribution is -0.143. The average molecular weight is 416 g/mol. The number of carboxylic acid groups (broad SMARTS) is 1. The van der Waals surface area contributed by atoms with E-state index in [2.05, 4.69) is 5.32 Å². The number of halogens is 2. The number of carboxylic acids is 1. The van der Waals surface area contributed by atoms with Crippen molar-refractivity contribution in [2.24, 2.45) is 0 Å². The summed E-state index contributed by atoms with van der Waals surface area (Å²) in [5.74, 6) is -2.04. The molecule has 0 fully saturated rings. The van der Waals surface area contributed by atoms with Crippen LogP contribution < -0.4 is 10.1 Å². The molecule has 0 atom stereocenters. The third-order valence-corrected chi connectivity index (χ3v) is 4.71. The fourth-order valence-electron chi connectivity index (χ4n) is 2.77. The van der Waals surface area contributed by atoms with E-state index in [9.17, 15) is 19.1 Å². The van der Waals surface area contributed by atoms with Crippen LogP contribution in [-0.2, 0) is 11.4 Å². The van der Waals surface area contributed by atoms with Crippen LogP contribution in [-0.4, -0.2) is 22.5 Å². The van der Waals surface area contributed by atoms with Crippen LogP contribution in [0, 0.1) is 5.82 Å². The highest BCUT2D eigenvalue weighted by Crippen LogP contribution is 2.31. The Bertz CT molecular complexity index is 1100. The lowest BCUT2D eigenvalue weighted by Crippen LogP contribution is -2.49. The largest absolute Gasteiger partial charge is 0.487 e. The molecule has 0 aromatic heterocycles. The summed E-state index contributed by atoms with van der Waals surface area (Å²) in [5, 5.41) is 13.5. The molecule has 5 nitrogen and oxygen atoms in total. The molecule has 29 heavy (non-hydrogen) atoms. The summed E-state index contributed by atoms with van der Waals surface area (Å²) in [7, 11) is 0. The van der Waals surface area contributed by atoms with Crippen molar-refractivity contribution < 1.29 is 23.8 Å². The van der Waals surface area contributed by atoms with Crippen molar-refractivity contribution >= 4 is 34.2 Å². The standard InChI is InChI=1S/C22H19ClFNO4/c1-22(2,21(27)28)25-20(26)17-10-8-13-5-3-4-6-16(13)19(17)29-12-14-7-9-15(23)11-18(14)24/h3-11H,12H2,1-2H3,(H,25,26)(H,27,28). The number of nitrogens with one attached hydrogen (secondary N) is 1. The molecule has 0 unspecified atom stereocenters. The lowest BCUT2D eigenvalue weighted by atomic mass is 10.0. The smallest absolute Gasteiger partial charge is 0.328 e. The molecule has 0 radical (unpaired) electrons. The van der Waals surface area contributed by atoms with Crippen molar-refractivity contribution in [3.8, 4) is 5.75 Å². The summed E-state index contributed by atoms with van der Waals surface area (Å²) in [4.78, 5) is 24.2. The average Bonchev–Trinajstić information content (AvgIpc) is 2.66. The van der Waals surface area contributed by atoms with E-state index in [0.29, 0.717) is 5.39 Å². The van der Waals surface area contributed by atoms with E-state index in [1.54, 1.807) is 30.3 Å². The summed E-state index contributed by atoms with van der Waals surface area (Å²) in [5.41, 5.74) is -1.03. The molecule has 0 saturated heterocycles. The second-order valence-corrected chi connectivity index (χ2v) is 7.51. The van der Waals surface area contributed by atoms with Gasteiger partial charge in [-0.2, -0.15) is 0 Å². The van der Waals surface area contributed by atoms with Gasteiger partial charge in [0.1, 0.15) is 23.7 Å². The Morgan fingerprint density at radius 2 is 1.86 bits per heavy atom. The number of ether oxygens (including phenoxy) is 1. The first-order valence-corrected chi connectivity index (χ1v) is 9.21. The molecular weight excluding hydrogens is 397 g/mol. The quantitative estimate of drug-likeness (QED) is 0.606. The highest BCUT2D eigenvalue weighted by molar-refractivity contribution is 6.30. The summed E-state index contributed by atoms with van der Waals surface area (Å²) < 4.78 is 20.0. The Kier molecular flexibility index (Phi) is 5.75. The summed E-state index contributed by atoms with van der Waals surface area (Å²) in [6, 6.07) is 14.8. The summed E-state index contributed by atoms with van der Waals surface area (Å²) in [6.45, 7) is 2.65. The Balaban J connectivity index is 2.00. The summed E-state index contributed by atoms with van der Waals surface area (Å²) in [6.07, 6.45) is 0. The van der Waals surface area contributed by atoms with Crippen molar-refractivity contribution in [2.75, 3.05) is 0 Å². The molecule has 3 aromatic rings. The molecule has 0 heterocycles. The van der Waals surface area contributed by atoms with Gasteiger partial charge in [-0.15, -0.1) is 0 Å². The number of amides is 1. The molecule has 150 valence electrons. The van der Waals surface area contributed by atoms with Crippen LogP contribution in [0.2, 0.25) is 5.02 Å². The Morgan fingerprint density at radius 1 is 1.14 bits per heavy atom. The van der Waals surface area contributed by atoms with Crippen LogP contribution in [0.1, 0.15) is 29.8 Å². The van der Waals surface area contributed by atoms with E-state index in [4.69, 9.17) is 16.3 Å². The number of aliphatic carboxylic acids is 1. The van der Waals surface area contributed by atoms with Crippen LogP contribution in [0.25, 0.3) is 10.8 Å². The number of hydrogen-bond donors (Lipinski definition) is 2. The third kappa shape index (κ3) is 4.49. The van der Waals surface area contributed by atoms with E-state index < -0.39 is 23.2 Å². The van der Waals surface area contributed by atoms with E-state index in [1.807, 2.05) is 12.1 Å². The fourth-order valence-corrected chi connectivity index (χ4v) is 2.93. The van der Waals surface area contributed by atoms with Gasteiger partial charge < -0.3 is 15.2 Å². The normalized spacial score (nSPS) is 11.3. The Morgan fingerprint density at radius 3 is 2.55 bits per heavy atom. The monoisotopic (exact) mass is 415 g/mol. The number of fused-ring (bicyclic) bond motifs is 1. The van der Waals surface area contributed by atoms with Crippen LogP contribution in [0.3, 0.4) is 0 Å². The molecule has 0 aliphatic rings. The predicted octanol–water partition coefficient (Wildman–Crippen LogP) is 4.80. The second-order valence-electron chi connectivity index (χ2n) is 7.07. The molecule has 0 saturated carbocycles. The van der Waals surface area contributed by atoms with E-state index in [0.717, 1.165) is 5.39 Å². The molecule has 0 aliphatic carbocycles. The van der Waals surface area contributed by atoms with Gasteiger partial charge in [0, 0.05) is 16.0 Å². The lowest BCUT2D eigenvalue weighted by Gasteiger charge is -2.22. The molecule has 0 bridgehead atoms. The van der Waals surface area contributed by atoms with Crippen LogP contribution in [0.5, 0.6) is 5.75 Å². The maximum Gasteiger partial charge on any atom is 0.328 e. The molecule has 7 heteroatoms. The number of hydrogen-bond acceptors (Lipinski definition) is 3. The molecular formula is C22H19ClFNO4. The maximum absolute atomic E-state index is 14.1. The minimum absolute atomic E-state index is 0.125. The topological polar surface area (TPSA) is 75.6 Å². The van der Waals surface area contributed by atoms with Gasteiger partial charge in [-0.3, -0.25) is 4.79 Å². The minimum atomic E-state index is -1.47. The third-order valence-electron chi connectivity index (χ3n) is 4.47. The van der Waals surface area contributed by atoms with Gasteiger partial charge in [0.05, 0.1) is 5.56 Å². The van der Waals surface area contributed by atoms with E-state index in [1.165, 1.54) is 26.0 Å². The minimum Gasteiger partial charge on any atom is -0.487 e. The number of carbonyl (C=O) groups is 2. The summed E-state index contributed by atoms with van der Waals surface area (Å²) >= 11 is 5.78.